The van der Waals surface area contributed by atoms with Gasteiger partial charge in [0.1, 0.15) is 4.90 Å². The van der Waals surface area contributed by atoms with Crippen molar-refractivity contribution in [1.29, 1.82) is 0 Å². The molecule has 1 aromatic rings. The molecule has 0 unspecified atom stereocenters. The molecule has 2 rings (SSSR count). The minimum atomic E-state index is -3.65. The van der Waals surface area contributed by atoms with Crippen molar-refractivity contribution in [2.24, 2.45) is 5.73 Å². The molecule has 1 aromatic carbocycles. The van der Waals surface area contributed by atoms with Crippen molar-refractivity contribution in [3.63, 3.8) is 0 Å². The van der Waals surface area contributed by atoms with Crippen molar-refractivity contribution in [1.82, 2.24) is 4.72 Å². The summed E-state index contributed by atoms with van der Waals surface area (Å²) < 4.78 is 27.3. The Bertz CT molecular complexity index is 569. The molecule has 0 radical (unpaired) electrons. The molecule has 0 aromatic heterocycles. The third-order valence-electron chi connectivity index (χ3n) is 3.27. The molecule has 0 amide bonds. The Morgan fingerprint density at radius 2 is 1.89 bits per heavy atom. The van der Waals surface area contributed by atoms with Gasteiger partial charge in [-0.3, -0.25) is 0 Å². The van der Waals surface area contributed by atoms with Crippen LogP contribution in [0.15, 0.2) is 17.0 Å². The summed E-state index contributed by atoms with van der Waals surface area (Å²) in [6.45, 7) is 0.144. The third-order valence-corrected chi connectivity index (χ3v) is 5.59. The van der Waals surface area contributed by atoms with Gasteiger partial charge in [0.2, 0.25) is 10.0 Å². The van der Waals surface area contributed by atoms with E-state index in [1.54, 1.807) is 6.07 Å². The highest BCUT2D eigenvalue weighted by atomic mass is 35.5. The fourth-order valence-electron chi connectivity index (χ4n) is 2.29. The Labute approximate surface area is 123 Å². The predicted molar refractivity (Wildman–Crippen MR) is 76.9 cm³/mol. The van der Waals surface area contributed by atoms with Crippen LogP contribution in [0.1, 0.15) is 31.2 Å². The maximum Gasteiger partial charge on any atom is 0.242 e. The highest BCUT2D eigenvalue weighted by Gasteiger charge is 2.26. The highest BCUT2D eigenvalue weighted by molar-refractivity contribution is 7.89. The zero-order chi connectivity index (χ0) is 14.0. The standard InChI is InChI=1S/C12H16Cl2N2O2S/c13-9-5-8(7-15)12(14)11(6-9)19(17,18)16-10-3-1-2-4-10/h5-6,10,16H,1-4,7,15H2. The first-order chi connectivity index (χ1) is 8.94. The van der Waals surface area contributed by atoms with Crippen LogP contribution in [0.5, 0.6) is 0 Å². The van der Waals surface area contributed by atoms with Crippen molar-refractivity contribution in [2.45, 2.75) is 43.2 Å². The van der Waals surface area contributed by atoms with Crippen LogP contribution in [0.25, 0.3) is 0 Å². The predicted octanol–water partition coefficient (Wildman–Crippen LogP) is 2.67. The molecule has 7 heteroatoms. The molecule has 19 heavy (non-hydrogen) atoms. The van der Waals surface area contributed by atoms with Crippen LogP contribution in [0.3, 0.4) is 0 Å². The zero-order valence-electron chi connectivity index (χ0n) is 10.3. The Morgan fingerprint density at radius 3 is 2.47 bits per heavy atom. The van der Waals surface area contributed by atoms with E-state index in [1.807, 2.05) is 0 Å². The molecule has 1 aliphatic rings. The van der Waals surface area contributed by atoms with Crippen molar-refractivity contribution in [2.75, 3.05) is 0 Å². The number of hydrogen-bond donors (Lipinski definition) is 2. The summed E-state index contributed by atoms with van der Waals surface area (Å²) in [5.74, 6) is 0. The van der Waals surface area contributed by atoms with Crippen LogP contribution in [-0.2, 0) is 16.6 Å². The van der Waals surface area contributed by atoms with E-state index in [9.17, 15) is 8.42 Å². The van der Waals surface area contributed by atoms with Crippen LogP contribution in [0.4, 0.5) is 0 Å². The molecule has 1 saturated carbocycles. The number of nitrogens with one attached hydrogen (secondary N) is 1. The molecule has 0 heterocycles. The average Bonchev–Trinajstić information content (AvgIpc) is 2.83. The second-order valence-electron chi connectivity index (χ2n) is 4.68. The summed E-state index contributed by atoms with van der Waals surface area (Å²) in [6, 6.07) is 2.93. The second-order valence-corrected chi connectivity index (χ2v) is 7.18. The number of halogens is 2. The Morgan fingerprint density at radius 1 is 1.26 bits per heavy atom. The van der Waals surface area contributed by atoms with Gasteiger partial charge in [-0.25, -0.2) is 13.1 Å². The van der Waals surface area contributed by atoms with E-state index in [1.165, 1.54) is 6.07 Å². The number of hydrogen-bond acceptors (Lipinski definition) is 3. The summed E-state index contributed by atoms with van der Waals surface area (Å²) in [7, 11) is -3.65. The monoisotopic (exact) mass is 322 g/mol. The van der Waals surface area contributed by atoms with Crippen molar-refractivity contribution in [3.8, 4) is 0 Å². The Balaban J connectivity index is 2.36. The van der Waals surface area contributed by atoms with Gasteiger partial charge in [-0.1, -0.05) is 36.0 Å². The van der Waals surface area contributed by atoms with Crippen LogP contribution in [0.2, 0.25) is 10.0 Å². The summed E-state index contributed by atoms with van der Waals surface area (Å²) in [6.07, 6.45) is 3.82. The van der Waals surface area contributed by atoms with E-state index < -0.39 is 10.0 Å². The molecule has 0 saturated heterocycles. The largest absolute Gasteiger partial charge is 0.326 e. The van der Waals surface area contributed by atoms with E-state index in [-0.39, 0.29) is 22.5 Å². The van der Waals surface area contributed by atoms with Crippen molar-refractivity contribution >= 4 is 33.2 Å². The van der Waals surface area contributed by atoms with Gasteiger partial charge in [0.15, 0.2) is 0 Å². The maximum atomic E-state index is 12.3. The third kappa shape index (κ3) is 3.41. The number of rotatable bonds is 4. The molecule has 106 valence electrons. The molecule has 0 bridgehead atoms. The first-order valence-electron chi connectivity index (χ1n) is 6.14. The molecular weight excluding hydrogens is 307 g/mol. The van der Waals surface area contributed by atoms with Gasteiger partial charge in [-0.2, -0.15) is 0 Å². The summed E-state index contributed by atoms with van der Waals surface area (Å²) in [4.78, 5) is 0.00835. The lowest BCUT2D eigenvalue weighted by Gasteiger charge is -2.15. The summed E-state index contributed by atoms with van der Waals surface area (Å²) >= 11 is 12.0. The average molecular weight is 323 g/mol. The molecule has 0 aliphatic heterocycles. The molecule has 0 atom stereocenters. The normalized spacial score (nSPS) is 17.0. The minimum absolute atomic E-state index is 0.00835. The SMILES string of the molecule is NCc1cc(Cl)cc(S(=O)(=O)NC2CCCC2)c1Cl. The second kappa shape index (κ2) is 5.97. The van der Waals surface area contributed by atoms with Crippen molar-refractivity contribution in [3.05, 3.63) is 27.7 Å². The van der Waals surface area contributed by atoms with Gasteiger partial charge in [0, 0.05) is 17.6 Å². The maximum absolute atomic E-state index is 12.3. The lowest BCUT2D eigenvalue weighted by molar-refractivity contribution is 0.552. The Hall–Kier alpha value is -0.330. The van der Waals surface area contributed by atoms with Gasteiger partial charge in [-0.05, 0) is 30.5 Å². The van der Waals surface area contributed by atoms with Crippen LogP contribution in [0, 0.1) is 0 Å². The number of nitrogens with two attached hydrogens (primary N) is 1. The van der Waals surface area contributed by atoms with Gasteiger partial charge in [0.25, 0.3) is 0 Å². The topological polar surface area (TPSA) is 72.2 Å². The minimum Gasteiger partial charge on any atom is -0.326 e. The molecule has 1 aliphatic carbocycles. The van der Waals surface area contributed by atoms with E-state index in [2.05, 4.69) is 4.72 Å². The highest BCUT2D eigenvalue weighted by Crippen LogP contribution is 2.30. The van der Waals surface area contributed by atoms with Gasteiger partial charge < -0.3 is 5.73 Å². The Kier molecular flexibility index (Phi) is 4.74. The molecule has 1 fully saturated rings. The molecular formula is C12H16Cl2N2O2S. The first kappa shape index (κ1) is 15.1. The first-order valence-corrected chi connectivity index (χ1v) is 8.38. The van der Waals surface area contributed by atoms with E-state index in [4.69, 9.17) is 28.9 Å². The van der Waals surface area contributed by atoms with Gasteiger partial charge >= 0.3 is 0 Å². The fourth-order valence-corrected chi connectivity index (χ4v) is 4.54. The lowest BCUT2D eigenvalue weighted by atomic mass is 10.2. The van der Waals surface area contributed by atoms with Crippen molar-refractivity contribution < 1.29 is 8.42 Å². The van der Waals surface area contributed by atoms with Crippen LogP contribution < -0.4 is 10.5 Å². The number of benzene rings is 1. The van der Waals surface area contributed by atoms with Crippen LogP contribution in [-0.4, -0.2) is 14.5 Å². The lowest BCUT2D eigenvalue weighted by Crippen LogP contribution is -2.33. The number of sulfonamides is 1. The molecule has 3 N–H and O–H groups in total. The van der Waals surface area contributed by atoms with Crippen LogP contribution >= 0.6 is 23.2 Å². The fraction of sp³-hybridized carbons (Fsp3) is 0.500. The van der Waals surface area contributed by atoms with E-state index in [0.29, 0.717) is 10.6 Å². The van der Waals surface area contributed by atoms with E-state index >= 15 is 0 Å². The molecule has 0 spiro atoms. The zero-order valence-corrected chi connectivity index (χ0v) is 12.7. The quantitative estimate of drug-likeness (QED) is 0.895. The van der Waals surface area contributed by atoms with Gasteiger partial charge in [-0.15, -0.1) is 0 Å². The smallest absolute Gasteiger partial charge is 0.242 e. The summed E-state index contributed by atoms with van der Waals surface area (Å²) in [5, 5.41) is 0.467. The molecule has 4 nitrogen and oxygen atoms in total. The van der Waals surface area contributed by atoms with Gasteiger partial charge in [0.05, 0.1) is 5.02 Å². The summed E-state index contributed by atoms with van der Waals surface area (Å²) in [5.41, 5.74) is 6.07. The van der Waals surface area contributed by atoms with E-state index in [0.717, 1.165) is 25.7 Å².